The molecule has 0 bridgehead atoms. The number of nitro benzene ring substituents is 1. The average molecular weight is 322 g/mol. The number of rotatable bonds is 5. The van der Waals surface area contributed by atoms with Crippen molar-refractivity contribution in [3.63, 3.8) is 0 Å². The minimum absolute atomic E-state index is 0.0259. The Morgan fingerprint density at radius 3 is 2.87 bits per heavy atom. The fourth-order valence-corrected chi connectivity index (χ4v) is 2.83. The van der Waals surface area contributed by atoms with Crippen molar-refractivity contribution < 1.29 is 19.2 Å². The molecule has 1 saturated carbocycles. The van der Waals surface area contributed by atoms with Gasteiger partial charge in [0.1, 0.15) is 5.82 Å². The summed E-state index contributed by atoms with van der Waals surface area (Å²) in [7, 11) is 0. The monoisotopic (exact) mass is 322 g/mol. The summed E-state index contributed by atoms with van der Waals surface area (Å²) in [6.45, 7) is 0.0259. The molecule has 2 N–H and O–H groups in total. The number of nitrogens with one attached hydrogen (secondary N) is 1. The second-order valence-electron chi connectivity index (χ2n) is 5.64. The van der Waals surface area contributed by atoms with E-state index in [1.165, 1.54) is 18.2 Å². The van der Waals surface area contributed by atoms with E-state index in [1.54, 1.807) is 0 Å². The largest absolute Gasteiger partial charge is 0.396 e. The van der Waals surface area contributed by atoms with Crippen LogP contribution in [-0.2, 0) is 4.79 Å². The quantitative estimate of drug-likeness (QED) is 0.494. The van der Waals surface area contributed by atoms with Crippen molar-refractivity contribution >= 4 is 17.7 Å². The molecule has 6 nitrogen and oxygen atoms in total. The Morgan fingerprint density at radius 2 is 2.17 bits per heavy atom. The van der Waals surface area contributed by atoms with Crippen LogP contribution in [0.2, 0.25) is 0 Å². The lowest BCUT2D eigenvalue weighted by atomic mass is 9.85. The van der Waals surface area contributed by atoms with Crippen molar-refractivity contribution in [2.45, 2.75) is 31.7 Å². The van der Waals surface area contributed by atoms with Crippen molar-refractivity contribution in [2.75, 3.05) is 6.61 Å². The Bertz CT molecular complexity index is 618. The first-order valence-corrected chi connectivity index (χ1v) is 7.54. The second-order valence-corrected chi connectivity index (χ2v) is 5.64. The molecule has 1 aliphatic carbocycles. The van der Waals surface area contributed by atoms with Crippen LogP contribution in [0.25, 0.3) is 6.08 Å². The van der Waals surface area contributed by atoms with Crippen LogP contribution in [0.1, 0.15) is 31.2 Å². The van der Waals surface area contributed by atoms with E-state index in [1.807, 2.05) is 0 Å². The fraction of sp³-hybridized carbons (Fsp3) is 0.438. The minimum Gasteiger partial charge on any atom is -0.396 e. The third-order valence-corrected chi connectivity index (χ3v) is 4.07. The number of amides is 1. The minimum atomic E-state index is -0.703. The van der Waals surface area contributed by atoms with Gasteiger partial charge >= 0.3 is 0 Å². The van der Waals surface area contributed by atoms with E-state index in [0.29, 0.717) is 0 Å². The molecule has 1 aliphatic rings. The smallest absolute Gasteiger partial charge is 0.279 e. The summed E-state index contributed by atoms with van der Waals surface area (Å²) in [6, 6.07) is 3.09. The SMILES string of the molecule is O=C(/C=C/c1ccc(F)cc1[N+](=O)[O-])NC1CCCCC1CO. The topological polar surface area (TPSA) is 92.5 Å². The number of carbonyl (C=O) groups excluding carboxylic acids is 1. The first-order valence-electron chi connectivity index (χ1n) is 7.54. The summed E-state index contributed by atoms with van der Waals surface area (Å²) in [4.78, 5) is 22.2. The molecule has 1 amide bonds. The Hall–Kier alpha value is -2.28. The third kappa shape index (κ3) is 4.59. The fourth-order valence-electron chi connectivity index (χ4n) is 2.83. The third-order valence-electron chi connectivity index (χ3n) is 4.07. The summed E-state index contributed by atoms with van der Waals surface area (Å²) in [5.74, 6) is -1.04. The number of nitro groups is 1. The van der Waals surface area contributed by atoms with Crippen molar-refractivity contribution in [1.82, 2.24) is 5.32 Å². The highest BCUT2D eigenvalue weighted by Gasteiger charge is 2.25. The first kappa shape index (κ1) is 17.1. The molecule has 2 rings (SSSR count). The Balaban J connectivity index is 2.05. The molecule has 1 aromatic carbocycles. The van der Waals surface area contributed by atoms with E-state index in [4.69, 9.17) is 0 Å². The van der Waals surface area contributed by atoms with Crippen LogP contribution in [0.4, 0.5) is 10.1 Å². The van der Waals surface area contributed by atoms with Gasteiger partial charge in [-0.1, -0.05) is 12.8 Å². The highest BCUT2D eigenvalue weighted by Crippen LogP contribution is 2.24. The average Bonchev–Trinajstić information content (AvgIpc) is 2.54. The molecular formula is C16H19FN2O4. The summed E-state index contributed by atoms with van der Waals surface area (Å²) in [5, 5.41) is 23.0. The highest BCUT2D eigenvalue weighted by molar-refractivity contribution is 5.92. The molecule has 1 aromatic rings. The van der Waals surface area contributed by atoms with E-state index >= 15 is 0 Å². The van der Waals surface area contributed by atoms with Gasteiger partial charge in [0.2, 0.25) is 5.91 Å². The van der Waals surface area contributed by atoms with Gasteiger partial charge in [0.25, 0.3) is 5.69 Å². The zero-order valence-electron chi connectivity index (χ0n) is 12.6. The zero-order valence-corrected chi connectivity index (χ0v) is 12.6. The van der Waals surface area contributed by atoms with E-state index < -0.39 is 10.7 Å². The summed E-state index contributed by atoms with van der Waals surface area (Å²) in [5.41, 5.74) is -0.228. The molecular weight excluding hydrogens is 303 g/mol. The molecule has 2 unspecified atom stereocenters. The number of aliphatic hydroxyl groups excluding tert-OH is 1. The summed E-state index contributed by atoms with van der Waals surface area (Å²) in [6.07, 6.45) is 6.20. The molecule has 0 aliphatic heterocycles. The molecule has 0 radical (unpaired) electrons. The molecule has 23 heavy (non-hydrogen) atoms. The number of nitrogens with zero attached hydrogens (tertiary/aromatic N) is 1. The number of hydrogen-bond donors (Lipinski definition) is 2. The van der Waals surface area contributed by atoms with Crippen LogP contribution >= 0.6 is 0 Å². The van der Waals surface area contributed by atoms with Gasteiger partial charge in [-0.05, 0) is 31.1 Å². The van der Waals surface area contributed by atoms with Crippen molar-refractivity contribution in [3.05, 3.63) is 45.8 Å². The number of halogens is 1. The summed E-state index contributed by atoms with van der Waals surface area (Å²) < 4.78 is 13.1. The molecule has 0 saturated heterocycles. The Kier molecular flexibility index (Phi) is 5.81. The van der Waals surface area contributed by atoms with Crippen LogP contribution in [0, 0.1) is 21.8 Å². The van der Waals surface area contributed by atoms with Crippen LogP contribution in [0.3, 0.4) is 0 Å². The second kappa shape index (κ2) is 7.82. The van der Waals surface area contributed by atoms with E-state index in [2.05, 4.69) is 5.32 Å². The van der Waals surface area contributed by atoms with Gasteiger partial charge in [0, 0.05) is 24.6 Å². The number of aliphatic hydroxyl groups is 1. The molecule has 0 spiro atoms. The normalized spacial score (nSPS) is 21.3. The van der Waals surface area contributed by atoms with Crippen LogP contribution < -0.4 is 5.32 Å². The lowest BCUT2D eigenvalue weighted by molar-refractivity contribution is -0.385. The molecule has 124 valence electrons. The van der Waals surface area contributed by atoms with Crippen molar-refractivity contribution in [1.29, 1.82) is 0 Å². The van der Waals surface area contributed by atoms with Gasteiger partial charge in [-0.25, -0.2) is 4.39 Å². The molecule has 0 heterocycles. The predicted molar refractivity (Wildman–Crippen MR) is 83.1 cm³/mol. The Morgan fingerprint density at radius 1 is 1.43 bits per heavy atom. The van der Waals surface area contributed by atoms with E-state index in [-0.39, 0.29) is 35.7 Å². The molecule has 2 atom stereocenters. The Labute approximate surface area is 133 Å². The van der Waals surface area contributed by atoms with Crippen molar-refractivity contribution in [2.24, 2.45) is 5.92 Å². The van der Waals surface area contributed by atoms with Crippen LogP contribution in [0.5, 0.6) is 0 Å². The number of hydrogen-bond acceptors (Lipinski definition) is 4. The zero-order chi connectivity index (χ0) is 16.8. The van der Waals surface area contributed by atoms with Crippen molar-refractivity contribution in [3.8, 4) is 0 Å². The van der Waals surface area contributed by atoms with Crippen LogP contribution in [-0.4, -0.2) is 28.6 Å². The molecule has 0 aromatic heterocycles. The lowest BCUT2D eigenvalue weighted by Crippen LogP contribution is -2.42. The van der Waals surface area contributed by atoms with Gasteiger partial charge in [-0.3, -0.25) is 14.9 Å². The van der Waals surface area contributed by atoms with Gasteiger partial charge in [-0.2, -0.15) is 0 Å². The highest BCUT2D eigenvalue weighted by atomic mass is 19.1. The van der Waals surface area contributed by atoms with Gasteiger partial charge in [-0.15, -0.1) is 0 Å². The first-order chi connectivity index (χ1) is 11.0. The maximum atomic E-state index is 13.1. The van der Waals surface area contributed by atoms with E-state index in [9.17, 15) is 24.4 Å². The van der Waals surface area contributed by atoms with Gasteiger partial charge in [0.15, 0.2) is 0 Å². The van der Waals surface area contributed by atoms with E-state index in [0.717, 1.165) is 37.8 Å². The summed E-state index contributed by atoms with van der Waals surface area (Å²) >= 11 is 0. The van der Waals surface area contributed by atoms with Gasteiger partial charge in [0.05, 0.1) is 16.6 Å². The number of carbonyl (C=O) groups is 1. The molecule has 1 fully saturated rings. The maximum absolute atomic E-state index is 13.1. The predicted octanol–water partition coefficient (Wildman–Crippen LogP) is 2.41. The molecule has 7 heteroatoms. The standard InChI is InChI=1S/C16H19FN2O4/c17-13-7-5-11(15(9-13)19(22)23)6-8-16(21)18-14-4-2-1-3-12(14)10-20/h5-9,12,14,20H,1-4,10H2,(H,18,21)/b8-6+. The van der Waals surface area contributed by atoms with Gasteiger partial charge < -0.3 is 10.4 Å². The lowest BCUT2D eigenvalue weighted by Gasteiger charge is -2.30. The number of benzene rings is 1. The van der Waals surface area contributed by atoms with Crippen LogP contribution in [0.15, 0.2) is 24.3 Å². The maximum Gasteiger partial charge on any atom is 0.279 e.